The van der Waals surface area contributed by atoms with Gasteiger partial charge in [0.05, 0.1) is 11.5 Å². The highest BCUT2D eigenvalue weighted by Gasteiger charge is 2.25. The summed E-state index contributed by atoms with van der Waals surface area (Å²) in [5.41, 5.74) is 1.10. The van der Waals surface area contributed by atoms with Gasteiger partial charge in [-0.2, -0.15) is 4.31 Å². The van der Waals surface area contributed by atoms with Crippen LogP contribution in [-0.2, 0) is 14.8 Å². The van der Waals surface area contributed by atoms with Gasteiger partial charge in [-0.1, -0.05) is 6.08 Å². The Hall–Kier alpha value is -1.24. The van der Waals surface area contributed by atoms with Gasteiger partial charge in [-0.25, -0.2) is 12.8 Å². The summed E-state index contributed by atoms with van der Waals surface area (Å²) in [7, 11) is -1.92. The van der Waals surface area contributed by atoms with Gasteiger partial charge in [0.1, 0.15) is 5.82 Å². The molecule has 1 aromatic carbocycles. The van der Waals surface area contributed by atoms with E-state index < -0.39 is 15.8 Å². The Morgan fingerprint density at radius 1 is 1.32 bits per heavy atom. The average molecular weight is 285 g/mol. The fourth-order valence-electron chi connectivity index (χ4n) is 1.98. The maximum absolute atomic E-state index is 12.8. The molecule has 0 aliphatic carbocycles. The zero-order valence-electron chi connectivity index (χ0n) is 10.7. The number of sulfonamides is 1. The number of rotatable bonds is 4. The molecule has 0 aromatic heterocycles. The summed E-state index contributed by atoms with van der Waals surface area (Å²) in [6.07, 6.45) is 2.53. The standard InChI is InChI=1S/C13H16FNO3S/c1-18-10-11-6-8-15(9-7-11)19(16,17)13-4-2-12(14)3-5-13/h2-6H,7-10H2,1H3. The molecule has 104 valence electrons. The van der Waals surface area contributed by atoms with E-state index in [1.54, 1.807) is 7.11 Å². The van der Waals surface area contributed by atoms with Crippen molar-refractivity contribution in [1.82, 2.24) is 4.31 Å². The van der Waals surface area contributed by atoms with Crippen LogP contribution in [0.1, 0.15) is 6.42 Å². The second kappa shape index (κ2) is 5.81. The molecule has 0 amide bonds. The fourth-order valence-corrected chi connectivity index (χ4v) is 3.36. The largest absolute Gasteiger partial charge is 0.380 e. The fraction of sp³-hybridized carbons (Fsp3) is 0.385. The van der Waals surface area contributed by atoms with Gasteiger partial charge >= 0.3 is 0 Å². The first-order valence-corrected chi connectivity index (χ1v) is 7.40. The number of halogens is 1. The maximum atomic E-state index is 12.8. The van der Waals surface area contributed by atoms with Crippen LogP contribution in [0.3, 0.4) is 0 Å². The minimum atomic E-state index is -3.54. The summed E-state index contributed by atoms with van der Waals surface area (Å²) in [5, 5.41) is 0. The van der Waals surface area contributed by atoms with E-state index in [9.17, 15) is 12.8 Å². The Kier molecular flexibility index (Phi) is 4.34. The molecule has 1 aliphatic heterocycles. The lowest BCUT2D eigenvalue weighted by Gasteiger charge is -2.25. The van der Waals surface area contributed by atoms with Crippen molar-refractivity contribution in [2.45, 2.75) is 11.3 Å². The minimum absolute atomic E-state index is 0.123. The van der Waals surface area contributed by atoms with Crippen molar-refractivity contribution in [3.8, 4) is 0 Å². The SMILES string of the molecule is COCC1=CCN(S(=O)(=O)c2ccc(F)cc2)CC1. The van der Waals surface area contributed by atoms with Crippen LogP contribution in [0.5, 0.6) is 0 Å². The number of methoxy groups -OCH3 is 1. The summed E-state index contributed by atoms with van der Waals surface area (Å²) in [6, 6.07) is 4.89. The highest BCUT2D eigenvalue weighted by molar-refractivity contribution is 7.89. The van der Waals surface area contributed by atoms with Crippen LogP contribution in [0.4, 0.5) is 4.39 Å². The second-order valence-corrected chi connectivity index (χ2v) is 6.30. The van der Waals surface area contributed by atoms with Crippen molar-refractivity contribution in [2.24, 2.45) is 0 Å². The zero-order valence-corrected chi connectivity index (χ0v) is 11.5. The first kappa shape index (κ1) is 14.2. The van der Waals surface area contributed by atoms with Crippen molar-refractivity contribution in [1.29, 1.82) is 0 Å². The van der Waals surface area contributed by atoms with E-state index in [4.69, 9.17) is 4.74 Å². The molecule has 1 aromatic rings. The van der Waals surface area contributed by atoms with E-state index in [0.717, 1.165) is 17.7 Å². The third-order valence-electron chi connectivity index (χ3n) is 3.05. The predicted octanol–water partition coefficient (Wildman–Crippen LogP) is 1.79. The average Bonchev–Trinajstić information content (AvgIpc) is 2.40. The summed E-state index contributed by atoms with van der Waals surface area (Å²) < 4.78 is 43.8. The number of hydrogen-bond donors (Lipinski definition) is 0. The topological polar surface area (TPSA) is 46.6 Å². The van der Waals surface area contributed by atoms with Gasteiger partial charge in [-0.3, -0.25) is 0 Å². The monoisotopic (exact) mass is 285 g/mol. The summed E-state index contributed by atoms with van der Waals surface area (Å²) >= 11 is 0. The van der Waals surface area contributed by atoms with Crippen LogP contribution in [0, 0.1) is 5.82 Å². The quantitative estimate of drug-likeness (QED) is 0.792. The van der Waals surface area contributed by atoms with Crippen LogP contribution in [0.2, 0.25) is 0 Å². The van der Waals surface area contributed by atoms with Crippen molar-refractivity contribution in [3.63, 3.8) is 0 Å². The lowest BCUT2D eigenvalue weighted by atomic mass is 10.1. The number of benzene rings is 1. The zero-order chi connectivity index (χ0) is 13.9. The van der Waals surface area contributed by atoms with Gasteiger partial charge in [0.15, 0.2) is 0 Å². The first-order chi connectivity index (χ1) is 9.04. The Morgan fingerprint density at radius 2 is 2.00 bits per heavy atom. The van der Waals surface area contributed by atoms with Gasteiger partial charge in [-0.05, 0) is 36.3 Å². The highest BCUT2D eigenvalue weighted by Crippen LogP contribution is 2.20. The molecule has 0 fully saturated rings. The van der Waals surface area contributed by atoms with Gasteiger partial charge < -0.3 is 4.74 Å². The van der Waals surface area contributed by atoms with Gasteiger partial charge in [-0.15, -0.1) is 0 Å². The minimum Gasteiger partial charge on any atom is -0.380 e. The summed E-state index contributed by atoms with van der Waals surface area (Å²) in [5.74, 6) is -0.445. The van der Waals surface area contributed by atoms with Crippen LogP contribution < -0.4 is 0 Å². The Labute approximate surface area is 112 Å². The summed E-state index contributed by atoms with van der Waals surface area (Å²) in [6.45, 7) is 1.29. The van der Waals surface area contributed by atoms with E-state index in [-0.39, 0.29) is 4.90 Å². The van der Waals surface area contributed by atoms with Crippen molar-refractivity contribution in [2.75, 3.05) is 26.8 Å². The molecule has 4 nitrogen and oxygen atoms in total. The van der Waals surface area contributed by atoms with Crippen LogP contribution in [0.15, 0.2) is 40.8 Å². The molecule has 0 atom stereocenters. The Morgan fingerprint density at radius 3 is 2.53 bits per heavy atom. The molecule has 1 aliphatic rings. The van der Waals surface area contributed by atoms with Crippen molar-refractivity contribution >= 4 is 10.0 Å². The maximum Gasteiger partial charge on any atom is 0.243 e. The Balaban J connectivity index is 2.16. The van der Waals surface area contributed by atoms with Gasteiger partial charge in [0, 0.05) is 20.2 Å². The number of hydrogen-bond acceptors (Lipinski definition) is 3. The van der Waals surface area contributed by atoms with Crippen LogP contribution >= 0.6 is 0 Å². The molecule has 2 rings (SSSR count). The van der Waals surface area contributed by atoms with Crippen molar-refractivity contribution in [3.05, 3.63) is 41.7 Å². The van der Waals surface area contributed by atoms with Gasteiger partial charge in [0.2, 0.25) is 10.0 Å². The lowest BCUT2D eigenvalue weighted by molar-refractivity contribution is 0.219. The Bertz CT molecular complexity index is 566. The van der Waals surface area contributed by atoms with Crippen LogP contribution in [-0.4, -0.2) is 39.5 Å². The predicted molar refractivity (Wildman–Crippen MR) is 69.7 cm³/mol. The molecular formula is C13H16FNO3S. The number of ether oxygens (including phenoxy) is 1. The van der Waals surface area contributed by atoms with E-state index in [1.165, 1.54) is 16.4 Å². The molecule has 0 saturated heterocycles. The molecule has 19 heavy (non-hydrogen) atoms. The number of nitrogens with zero attached hydrogens (tertiary/aromatic N) is 1. The molecule has 0 saturated carbocycles. The molecule has 0 radical (unpaired) electrons. The third-order valence-corrected chi connectivity index (χ3v) is 4.93. The third kappa shape index (κ3) is 3.20. The lowest BCUT2D eigenvalue weighted by Crippen LogP contribution is -2.35. The second-order valence-electron chi connectivity index (χ2n) is 4.36. The van der Waals surface area contributed by atoms with E-state index >= 15 is 0 Å². The normalized spacial score (nSPS) is 17.3. The molecule has 1 heterocycles. The van der Waals surface area contributed by atoms with E-state index in [1.807, 2.05) is 6.08 Å². The molecule has 0 unspecified atom stereocenters. The van der Waals surface area contributed by atoms with Crippen molar-refractivity contribution < 1.29 is 17.5 Å². The molecule has 0 spiro atoms. The smallest absolute Gasteiger partial charge is 0.243 e. The molecular weight excluding hydrogens is 269 g/mol. The van der Waals surface area contributed by atoms with E-state index in [0.29, 0.717) is 26.1 Å². The molecule has 0 bridgehead atoms. The summed E-state index contributed by atoms with van der Waals surface area (Å²) in [4.78, 5) is 0.123. The first-order valence-electron chi connectivity index (χ1n) is 5.96. The van der Waals surface area contributed by atoms with Crippen LogP contribution in [0.25, 0.3) is 0 Å². The van der Waals surface area contributed by atoms with Gasteiger partial charge in [0.25, 0.3) is 0 Å². The molecule has 6 heteroatoms. The molecule has 0 N–H and O–H groups in total. The van der Waals surface area contributed by atoms with E-state index in [2.05, 4.69) is 0 Å². The highest BCUT2D eigenvalue weighted by atomic mass is 32.2.